The molecule has 2 heterocycles. The molecule has 15 heavy (non-hydrogen) atoms. The fourth-order valence-electron chi connectivity index (χ4n) is 1.96. The number of phenolic OH excluding ortho intramolecular Hbond substituents is 1. The molecule has 3 rings (SSSR count). The number of ether oxygens (including phenoxy) is 1. The predicted octanol–water partition coefficient (Wildman–Crippen LogP) is 1.77. The number of nitrogens with one attached hydrogen (secondary N) is 1. The van der Waals surface area contributed by atoms with Gasteiger partial charge in [0, 0.05) is 18.6 Å². The third-order valence-electron chi connectivity index (χ3n) is 2.80. The maximum Gasteiger partial charge on any atom is 0.117 e. The summed E-state index contributed by atoms with van der Waals surface area (Å²) in [6.45, 7) is 1.55. The van der Waals surface area contributed by atoms with E-state index in [2.05, 4.69) is 9.97 Å². The third-order valence-corrected chi connectivity index (χ3v) is 2.80. The number of aromatic hydroxyl groups is 1. The molecule has 78 valence electrons. The van der Waals surface area contributed by atoms with Gasteiger partial charge in [0.15, 0.2) is 0 Å². The highest BCUT2D eigenvalue weighted by Gasteiger charge is 2.20. The second-order valence-corrected chi connectivity index (χ2v) is 3.88. The summed E-state index contributed by atoms with van der Waals surface area (Å²) in [5.74, 6) is 1.60. The van der Waals surface area contributed by atoms with Crippen molar-refractivity contribution in [1.82, 2.24) is 9.97 Å². The van der Waals surface area contributed by atoms with Crippen LogP contribution >= 0.6 is 0 Å². The van der Waals surface area contributed by atoms with Crippen LogP contribution in [-0.2, 0) is 4.74 Å². The SMILES string of the molecule is Oc1ccc2nc(C3CCOC3)[nH]c2c1. The van der Waals surface area contributed by atoms with Gasteiger partial charge >= 0.3 is 0 Å². The van der Waals surface area contributed by atoms with E-state index in [1.807, 2.05) is 6.07 Å². The molecule has 4 nitrogen and oxygen atoms in total. The lowest BCUT2D eigenvalue weighted by Gasteiger charge is -2.00. The quantitative estimate of drug-likeness (QED) is 0.744. The van der Waals surface area contributed by atoms with Crippen LogP contribution in [0.5, 0.6) is 5.75 Å². The normalized spacial score (nSPS) is 21.2. The Morgan fingerprint density at radius 3 is 3.20 bits per heavy atom. The molecule has 0 saturated carbocycles. The number of fused-ring (bicyclic) bond motifs is 1. The number of H-pyrrole nitrogens is 1. The van der Waals surface area contributed by atoms with Gasteiger partial charge in [-0.25, -0.2) is 4.98 Å². The highest BCUT2D eigenvalue weighted by Crippen LogP contribution is 2.26. The lowest BCUT2D eigenvalue weighted by atomic mass is 10.1. The average molecular weight is 204 g/mol. The lowest BCUT2D eigenvalue weighted by molar-refractivity contribution is 0.193. The molecular formula is C11H12N2O2. The summed E-state index contributed by atoms with van der Waals surface area (Å²) in [5.41, 5.74) is 1.78. The van der Waals surface area contributed by atoms with Crippen molar-refractivity contribution in [2.75, 3.05) is 13.2 Å². The molecule has 0 bridgehead atoms. The zero-order chi connectivity index (χ0) is 10.3. The molecule has 1 saturated heterocycles. The Morgan fingerprint density at radius 2 is 2.40 bits per heavy atom. The topological polar surface area (TPSA) is 58.1 Å². The molecule has 1 aromatic heterocycles. The molecule has 0 spiro atoms. The van der Waals surface area contributed by atoms with E-state index in [1.165, 1.54) is 0 Å². The number of imidazole rings is 1. The summed E-state index contributed by atoms with van der Waals surface area (Å²) in [6, 6.07) is 5.17. The highest BCUT2D eigenvalue weighted by molar-refractivity contribution is 5.76. The largest absolute Gasteiger partial charge is 0.508 e. The fraction of sp³-hybridized carbons (Fsp3) is 0.364. The van der Waals surface area contributed by atoms with Crippen LogP contribution in [0.4, 0.5) is 0 Å². The van der Waals surface area contributed by atoms with Gasteiger partial charge in [0.2, 0.25) is 0 Å². The molecular weight excluding hydrogens is 192 g/mol. The van der Waals surface area contributed by atoms with Crippen molar-refractivity contribution in [1.29, 1.82) is 0 Å². The van der Waals surface area contributed by atoms with E-state index in [4.69, 9.17) is 4.74 Å². The molecule has 1 atom stereocenters. The van der Waals surface area contributed by atoms with Gasteiger partial charge < -0.3 is 14.8 Å². The number of benzene rings is 1. The van der Waals surface area contributed by atoms with E-state index in [-0.39, 0.29) is 5.75 Å². The van der Waals surface area contributed by atoms with E-state index in [1.54, 1.807) is 12.1 Å². The van der Waals surface area contributed by atoms with Crippen LogP contribution in [0, 0.1) is 0 Å². The van der Waals surface area contributed by atoms with E-state index in [0.29, 0.717) is 5.92 Å². The molecule has 0 radical (unpaired) electrons. The minimum atomic E-state index is 0.264. The summed E-state index contributed by atoms with van der Waals surface area (Å²) in [5, 5.41) is 9.33. The molecule has 4 heteroatoms. The van der Waals surface area contributed by atoms with E-state index < -0.39 is 0 Å². The Labute approximate surface area is 86.9 Å². The third kappa shape index (κ3) is 1.47. The zero-order valence-electron chi connectivity index (χ0n) is 8.23. The monoisotopic (exact) mass is 204 g/mol. The van der Waals surface area contributed by atoms with Gasteiger partial charge in [-0.3, -0.25) is 0 Å². The Hall–Kier alpha value is -1.55. The first-order valence-electron chi connectivity index (χ1n) is 5.09. The summed E-state index contributed by atoms with van der Waals surface area (Å²) < 4.78 is 5.32. The molecule has 1 aliphatic rings. The first kappa shape index (κ1) is 8.73. The van der Waals surface area contributed by atoms with Crippen LogP contribution in [0.1, 0.15) is 18.2 Å². The van der Waals surface area contributed by atoms with Crippen LogP contribution in [0.25, 0.3) is 11.0 Å². The van der Waals surface area contributed by atoms with Crippen LogP contribution < -0.4 is 0 Å². The van der Waals surface area contributed by atoms with Gasteiger partial charge in [0.1, 0.15) is 11.6 Å². The Balaban J connectivity index is 2.05. The van der Waals surface area contributed by atoms with Gasteiger partial charge in [-0.15, -0.1) is 0 Å². The van der Waals surface area contributed by atoms with Crippen molar-refractivity contribution in [3.8, 4) is 5.75 Å². The summed E-state index contributed by atoms with van der Waals surface area (Å²) in [6.07, 6.45) is 1.02. The zero-order valence-corrected chi connectivity index (χ0v) is 8.23. The Morgan fingerprint density at radius 1 is 1.47 bits per heavy atom. The first-order valence-corrected chi connectivity index (χ1v) is 5.09. The molecule has 1 aromatic carbocycles. The Bertz CT molecular complexity index is 486. The number of rotatable bonds is 1. The first-order chi connectivity index (χ1) is 7.33. The van der Waals surface area contributed by atoms with Gasteiger partial charge in [-0.05, 0) is 18.6 Å². The molecule has 0 amide bonds. The van der Waals surface area contributed by atoms with Crippen LogP contribution in [0.15, 0.2) is 18.2 Å². The summed E-state index contributed by atoms with van der Waals surface area (Å²) in [7, 11) is 0. The molecule has 0 aliphatic carbocycles. The average Bonchev–Trinajstić information content (AvgIpc) is 2.84. The summed E-state index contributed by atoms with van der Waals surface area (Å²) in [4.78, 5) is 7.72. The summed E-state index contributed by atoms with van der Waals surface area (Å²) >= 11 is 0. The number of hydrogen-bond donors (Lipinski definition) is 2. The van der Waals surface area contributed by atoms with Crippen molar-refractivity contribution in [2.45, 2.75) is 12.3 Å². The van der Waals surface area contributed by atoms with E-state index in [0.717, 1.165) is 36.5 Å². The fourth-order valence-corrected chi connectivity index (χ4v) is 1.96. The maximum absolute atomic E-state index is 9.33. The van der Waals surface area contributed by atoms with Crippen molar-refractivity contribution in [3.05, 3.63) is 24.0 Å². The van der Waals surface area contributed by atoms with Gasteiger partial charge in [0.05, 0.1) is 17.6 Å². The van der Waals surface area contributed by atoms with Gasteiger partial charge in [0.25, 0.3) is 0 Å². The smallest absolute Gasteiger partial charge is 0.117 e. The minimum absolute atomic E-state index is 0.264. The molecule has 2 aromatic rings. The second kappa shape index (κ2) is 3.24. The number of phenols is 1. The Kier molecular flexibility index (Phi) is 1.89. The number of aromatic amines is 1. The van der Waals surface area contributed by atoms with Gasteiger partial charge in [-0.2, -0.15) is 0 Å². The number of hydrogen-bond acceptors (Lipinski definition) is 3. The molecule has 1 aliphatic heterocycles. The van der Waals surface area contributed by atoms with Crippen molar-refractivity contribution in [2.24, 2.45) is 0 Å². The van der Waals surface area contributed by atoms with Crippen LogP contribution in [-0.4, -0.2) is 28.3 Å². The van der Waals surface area contributed by atoms with Crippen molar-refractivity contribution >= 4 is 11.0 Å². The maximum atomic E-state index is 9.33. The highest BCUT2D eigenvalue weighted by atomic mass is 16.5. The molecule has 1 unspecified atom stereocenters. The van der Waals surface area contributed by atoms with Gasteiger partial charge in [-0.1, -0.05) is 0 Å². The molecule has 1 fully saturated rings. The standard InChI is InChI=1S/C11H12N2O2/c14-8-1-2-9-10(5-8)13-11(12-9)7-3-4-15-6-7/h1-2,5,7,14H,3-4,6H2,(H,12,13). The van der Waals surface area contributed by atoms with E-state index >= 15 is 0 Å². The van der Waals surface area contributed by atoms with Crippen molar-refractivity contribution < 1.29 is 9.84 Å². The van der Waals surface area contributed by atoms with Crippen molar-refractivity contribution in [3.63, 3.8) is 0 Å². The molecule has 2 N–H and O–H groups in total. The van der Waals surface area contributed by atoms with E-state index in [9.17, 15) is 5.11 Å². The van der Waals surface area contributed by atoms with Crippen LogP contribution in [0.2, 0.25) is 0 Å². The number of aromatic nitrogens is 2. The predicted molar refractivity (Wildman–Crippen MR) is 55.9 cm³/mol. The lowest BCUT2D eigenvalue weighted by Crippen LogP contribution is -1.99. The minimum Gasteiger partial charge on any atom is -0.508 e. The van der Waals surface area contributed by atoms with Crippen LogP contribution in [0.3, 0.4) is 0 Å². The number of nitrogens with zero attached hydrogens (tertiary/aromatic N) is 1. The second-order valence-electron chi connectivity index (χ2n) is 3.88.